The number of hydrogen-bond donors (Lipinski definition) is 2. The van der Waals surface area contributed by atoms with Crippen LogP contribution in [0.1, 0.15) is 11.1 Å². The Morgan fingerprint density at radius 3 is 2.04 bits per heavy atom. The summed E-state index contributed by atoms with van der Waals surface area (Å²) in [7, 11) is 0. The predicted octanol–water partition coefficient (Wildman–Crippen LogP) is 5.06. The first kappa shape index (κ1) is 18.4. The second-order valence-corrected chi connectivity index (χ2v) is 7.01. The lowest BCUT2D eigenvalue weighted by atomic mass is 9.99. The first-order valence-corrected chi connectivity index (χ1v) is 9.34. The van der Waals surface area contributed by atoms with Crippen LogP contribution in [0.25, 0.3) is 0 Å². The Morgan fingerprint density at radius 2 is 1.42 bits per heavy atom. The summed E-state index contributed by atoms with van der Waals surface area (Å²) < 4.78 is 1.01. The lowest BCUT2D eigenvalue weighted by Crippen LogP contribution is -2.26. The van der Waals surface area contributed by atoms with Gasteiger partial charge in [-0.3, -0.25) is 5.43 Å². The molecule has 3 rings (SSSR count). The molecular formula is C22H21BrN2O. The van der Waals surface area contributed by atoms with E-state index in [2.05, 4.69) is 26.5 Å². The highest BCUT2D eigenvalue weighted by Crippen LogP contribution is 2.15. The minimum absolute atomic E-state index is 0.536. The average Bonchev–Trinajstić information content (AvgIpc) is 2.68. The Balaban J connectivity index is 1.78. The van der Waals surface area contributed by atoms with E-state index in [1.165, 1.54) is 0 Å². The van der Waals surface area contributed by atoms with Gasteiger partial charge in [0.05, 0.1) is 17.5 Å². The molecule has 0 saturated heterocycles. The number of rotatable bonds is 7. The number of anilines is 1. The molecule has 132 valence electrons. The molecule has 0 heterocycles. The number of hydrogen-bond acceptors (Lipinski definition) is 3. The van der Waals surface area contributed by atoms with Crippen molar-refractivity contribution in [3.05, 3.63) is 101 Å². The molecule has 0 aliphatic carbocycles. The zero-order chi connectivity index (χ0) is 18.2. The van der Waals surface area contributed by atoms with Gasteiger partial charge in [0, 0.05) is 17.3 Å². The fourth-order valence-corrected chi connectivity index (χ4v) is 2.92. The molecule has 0 saturated carbocycles. The van der Waals surface area contributed by atoms with Crippen molar-refractivity contribution in [3.8, 4) is 0 Å². The van der Waals surface area contributed by atoms with Gasteiger partial charge >= 0.3 is 0 Å². The maximum Gasteiger partial charge on any atom is 0.0982 e. The molecule has 0 radical (unpaired) electrons. The third kappa shape index (κ3) is 5.55. The van der Waals surface area contributed by atoms with E-state index >= 15 is 0 Å². The molecule has 0 aromatic heterocycles. The molecule has 3 aromatic carbocycles. The van der Waals surface area contributed by atoms with Crippen molar-refractivity contribution >= 4 is 27.3 Å². The molecule has 0 fully saturated rings. The average molecular weight is 409 g/mol. The van der Waals surface area contributed by atoms with Gasteiger partial charge in [-0.2, -0.15) is 5.10 Å². The summed E-state index contributed by atoms with van der Waals surface area (Å²) in [5, 5.41) is 15.3. The number of nitrogens with one attached hydrogen (secondary N) is 1. The molecule has 0 unspecified atom stereocenters. The lowest BCUT2D eigenvalue weighted by Gasteiger charge is -2.15. The van der Waals surface area contributed by atoms with Crippen molar-refractivity contribution < 1.29 is 5.11 Å². The highest BCUT2D eigenvalue weighted by Gasteiger charge is 2.14. The number of benzene rings is 3. The van der Waals surface area contributed by atoms with Crippen molar-refractivity contribution in [1.29, 1.82) is 0 Å². The van der Waals surface area contributed by atoms with Crippen LogP contribution in [0.3, 0.4) is 0 Å². The second kappa shape index (κ2) is 9.32. The Kier molecular flexibility index (Phi) is 6.58. The molecule has 3 aromatic rings. The molecule has 2 N–H and O–H groups in total. The summed E-state index contributed by atoms with van der Waals surface area (Å²) in [5.41, 5.74) is 6.87. The maximum atomic E-state index is 10.8. The van der Waals surface area contributed by atoms with Crippen LogP contribution in [0.5, 0.6) is 0 Å². The van der Waals surface area contributed by atoms with E-state index in [4.69, 9.17) is 0 Å². The number of aliphatic hydroxyl groups is 1. The van der Waals surface area contributed by atoms with Gasteiger partial charge in [0.2, 0.25) is 0 Å². The van der Waals surface area contributed by atoms with Crippen LogP contribution in [0.2, 0.25) is 0 Å². The predicted molar refractivity (Wildman–Crippen MR) is 111 cm³/mol. The highest BCUT2D eigenvalue weighted by molar-refractivity contribution is 9.10. The van der Waals surface area contributed by atoms with E-state index in [-0.39, 0.29) is 0 Å². The fourth-order valence-electron chi connectivity index (χ4n) is 2.65. The topological polar surface area (TPSA) is 44.6 Å². The van der Waals surface area contributed by atoms with E-state index in [1.54, 1.807) is 0 Å². The standard InChI is InChI=1S/C22H21BrN2O/c23-19-11-13-20(14-12-19)24-25-21(15-17-7-3-1-4-8-17)22(26)16-18-9-5-2-6-10-18/h1-14,22,24,26H,15-16H2/t22-/m0/s1. The highest BCUT2D eigenvalue weighted by atomic mass is 79.9. The number of hydrazone groups is 1. The molecule has 0 amide bonds. The molecule has 3 nitrogen and oxygen atoms in total. The van der Waals surface area contributed by atoms with Crippen LogP contribution in [0.4, 0.5) is 5.69 Å². The molecule has 0 aliphatic heterocycles. The Bertz CT molecular complexity index is 833. The van der Waals surface area contributed by atoms with Crippen LogP contribution in [0.15, 0.2) is 94.5 Å². The molecule has 0 spiro atoms. The molecule has 26 heavy (non-hydrogen) atoms. The minimum atomic E-state index is -0.652. The van der Waals surface area contributed by atoms with Crippen molar-refractivity contribution in [2.75, 3.05) is 5.43 Å². The van der Waals surface area contributed by atoms with E-state index in [9.17, 15) is 5.11 Å². The van der Waals surface area contributed by atoms with Crippen LogP contribution in [-0.4, -0.2) is 16.9 Å². The van der Waals surface area contributed by atoms with Crippen LogP contribution in [0, 0.1) is 0 Å². The zero-order valence-electron chi connectivity index (χ0n) is 14.3. The van der Waals surface area contributed by atoms with Crippen molar-refractivity contribution in [1.82, 2.24) is 0 Å². The van der Waals surface area contributed by atoms with Crippen LogP contribution < -0.4 is 5.43 Å². The number of nitrogens with zero attached hydrogens (tertiary/aromatic N) is 1. The van der Waals surface area contributed by atoms with Gasteiger partial charge in [-0.15, -0.1) is 0 Å². The van der Waals surface area contributed by atoms with E-state index in [0.29, 0.717) is 18.6 Å². The first-order valence-electron chi connectivity index (χ1n) is 8.54. The molecular weight excluding hydrogens is 388 g/mol. The van der Waals surface area contributed by atoms with Crippen molar-refractivity contribution in [2.45, 2.75) is 18.9 Å². The van der Waals surface area contributed by atoms with Gasteiger partial charge in [-0.1, -0.05) is 76.6 Å². The molecule has 4 heteroatoms. The summed E-state index contributed by atoms with van der Waals surface area (Å²) in [5.74, 6) is 0. The SMILES string of the molecule is O[C@@H](Cc1ccccc1)C(Cc1ccccc1)=NNc1ccc(Br)cc1. The van der Waals surface area contributed by atoms with E-state index in [1.807, 2.05) is 84.9 Å². The Hall–Kier alpha value is -2.43. The van der Waals surface area contributed by atoms with Crippen molar-refractivity contribution in [2.24, 2.45) is 5.10 Å². The normalized spacial score (nSPS) is 12.6. The second-order valence-electron chi connectivity index (χ2n) is 6.09. The third-order valence-electron chi connectivity index (χ3n) is 4.06. The van der Waals surface area contributed by atoms with Gasteiger partial charge in [0.1, 0.15) is 0 Å². The first-order chi connectivity index (χ1) is 12.7. The third-order valence-corrected chi connectivity index (χ3v) is 4.59. The largest absolute Gasteiger partial charge is 0.387 e. The van der Waals surface area contributed by atoms with Crippen molar-refractivity contribution in [3.63, 3.8) is 0 Å². The fraction of sp³-hybridized carbons (Fsp3) is 0.136. The van der Waals surface area contributed by atoms with Crippen LogP contribution in [-0.2, 0) is 12.8 Å². The maximum absolute atomic E-state index is 10.8. The van der Waals surface area contributed by atoms with Gasteiger partial charge in [0.25, 0.3) is 0 Å². The van der Waals surface area contributed by atoms with Gasteiger partial charge in [-0.25, -0.2) is 0 Å². The minimum Gasteiger partial charge on any atom is -0.387 e. The number of aliphatic hydroxyl groups excluding tert-OH is 1. The zero-order valence-corrected chi connectivity index (χ0v) is 15.9. The number of halogens is 1. The van der Waals surface area contributed by atoms with Gasteiger partial charge < -0.3 is 5.11 Å². The van der Waals surface area contributed by atoms with Gasteiger partial charge in [0.15, 0.2) is 0 Å². The summed E-state index contributed by atoms with van der Waals surface area (Å²) in [6.07, 6.45) is 0.480. The van der Waals surface area contributed by atoms with E-state index < -0.39 is 6.10 Å². The monoisotopic (exact) mass is 408 g/mol. The molecule has 0 aliphatic rings. The molecule has 0 bridgehead atoms. The Labute approximate surface area is 162 Å². The van der Waals surface area contributed by atoms with E-state index in [0.717, 1.165) is 21.3 Å². The summed E-state index contributed by atoms with van der Waals surface area (Å²) >= 11 is 3.43. The summed E-state index contributed by atoms with van der Waals surface area (Å²) in [6, 6.07) is 27.8. The summed E-state index contributed by atoms with van der Waals surface area (Å²) in [6.45, 7) is 0. The van der Waals surface area contributed by atoms with Crippen LogP contribution >= 0.6 is 15.9 Å². The lowest BCUT2D eigenvalue weighted by molar-refractivity contribution is 0.240. The quantitative estimate of drug-likeness (QED) is 0.423. The smallest absolute Gasteiger partial charge is 0.0982 e. The Morgan fingerprint density at radius 1 is 0.846 bits per heavy atom. The molecule has 1 atom stereocenters. The summed E-state index contributed by atoms with van der Waals surface area (Å²) in [4.78, 5) is 0. The van der Waals surface area contributed by atoms with Gasteiger partial charge in [-0.05, 0) is 35.4 Å².